The van der Waals surface area contributed by atoms with Gasteiger partial charge in [0.15, 0.2) is 6.10 Å². The van der Waals surface area contributed by atoms with Gasteiger partial charge in [-0.05, 0) is 37.0 Å². The molecular weight excluding hydrogens is 286 g/mol. The second kappa shape index (κ2) is 8.17. The van der Waals surface area contributed by atoms with E-state index in [9.17, 15) is 14.4 Å². The van der Waals surface area contributed by atoms with Crippen LogP contribution in [0.3, 0.4) is 0 Å². The molecule has 0 saturated carbocycles. The van der Waals surface area contributed by atoms with Gasteiger partial charge >= 0.3 is 12.1 Å². The zero-order valence-corrected chi connectivity index (χ0v) is 13.2. The molecule has 0 heterocycles. The van der Waals surface area contributed by atoms with Crippen molar-refractivity contribution < 1.29 is 23.9 Å². The molecule has 1 rings (SSSR count). The summed E-state index contributed by atoms with van der Waals surface area (Å²) in [6.45, 7) is 5.61. The summed E-state index contributed by atoms with van der Waals surface area (Å²) in [6.07, 6.45) is -1.07. The average Bonchev–Trinajstić information content (AvgIpc) is 2.46. The van der Waals surface area contributed by atoms with Crippen LogP contribution in [0.25, 0.3) is 0 Å². The van der Waals surface area contributed by atoms with Gasteiger partial charge in [-0.2, -0.15) is 0 Å². The molecule has 0 aromatic heterocycles. The number of carbonyl (C=O) groups excluding carboxylic acids is 3. The molecule has 0 saturated heterocycles. The minimum Gasteiger partial charge on any atom is -0.453 e. The Morgan fingerprint density at radius 2 is 1.68 bits per heavy atom. The fourth-order valence-corrected chi connectivity index (χ4v) is 1.78. The molecule has 1 N–H and O–H groups in total. The molecule has 0 aliphatic carbocycles. The van der Waals surface area contributed by atoms with E-state index in [1.165, 1.54) is 6.92 Å². The highest BCUT2D eigenvalue weighted by Crippen LogP contribution is 2.11. The molecule has 1 atom stereocenters. The molecule has 6 heteroatoms. The van der Waals surface area contributed by atoms with Crippen molar-refractivity contribution in [1.29, 1.82) is 0 Å². The van der Waals surface area contributed by atoms with E-state index < -0.39 is 24.1 Å². The number of methoxy groups -OCH3 is 1. The number of nitrogens with one attached hydrogen (secondary N) is 1. The van der Waals surface area contributed by atoms with E-state index in [0.29, 0.717) is 11.5 Å². The van der Waals surface area contributed by atoms with Gasteiger partial charge in [-0.3, -0.25) is 10.1 Å². The quantitative estimate of drug-likeness (QED) is 0.844. The van der Waals surface area contributed by atoms with Gasteiger partial charge in [-0.1, -0.05) is 26.0 Å². The molecule has 22 heavy (non-hydrogen) atoms. The standard InChI is InChI=1S/C16H21NO5/c1-10(2)9-12-5-7-13(8-6-12)15(19)22-11(3)14(18)17-16(20)21-4/h5-8,10-11H,9H2,1-4H3,(H,17,18,20)/t11-/m1/s1. The molecular formula is C16H21NO5. The Morgan fingerprint density at radius 1 is 1.09 bits per heavy atom. The first-order valence-electron chi connectivity index (χ1n) is 7.02. The number of hydrogen-bond donors (Lipinski definition) is 1. The molecule has 0 aliphatic rings. The lowest BCUT2D eigenvalue weighted by Gasteiger charge is -2.12. The van der Waals surface area contributed by atoms with Crippen molar-refractivity contribution in [3.05, 3.63) is 35.4 Å². The number of alkyl carbamates (subject to hydrolysis) is 1. The van der Waals surface area contributed by atoms with Gasteiger partial charge in [0.1, 0.15) is 0 Å². The Bertz CT molecular complexity index is 536. The molecule has 0 radical (unpaired) electrons. The number of benzene rings is 1. The molecule has 0 unspecified atom stereocenters. The molecule has 0 aliphatic heterocycles. The highest BCUT2D eigenvalue weighted by molar-refractivity contribution is 5.96. The van der Waals surface area contributed by atoms with Crippen molar-refractivity contribution in [2.24, 2.45) is 5.92 Å². The molecule has 0 bridgehead atoms. The molecule has 0 spiro atoms. The lowest BCUT2D eigenvalue weighted by Crippen LogP contribution is -2.39. The van der Waals surface area contributed by atoms with E-state index >= 15 is 0 Å². The summed E-state index contributed by atoms with van der Waals surface area (Å²) in [6, 6.07) is 7.03. The van der Waals surface area contributed by atoms with Crippen molar-refractivity contribution in [2.45, 2.75) is 33.3 Å². The third-order valence-electron chi connectivity index (χ3n) is 2.90. The Balaban J connectivity index is 2.60. The van der Waals surface area contributed by atoms with E-state index in [1.54, 1.807) is 12.1 Å². The van der Waals surface area contributed by atoms with Crippen molar-refractivity contribution in [1.82, 2.24) is 5.32 Å². The van der Waals surface area contributed by atoms with Gasteiger partial charge in [0, 0.05) is 0 Å². The minimum absolute atomic E-state index is 0.352. The second-order valence-corrected chi connectivity index (χ2v) is 5.32. The Labute approximate surface area is 129 Å². The van der Waals surface area contributed by atoms with E-state index in [4.69, 9.17) is 4.74 Å². The van der Waals surface area contributed by atoms with Gasteiger partial charge in [-0.15, -0.1) is 0 Å². The highest BCUT2D eigenvalue weighted by Gasteiger charge is 2.20. The third-order valence-corrected chi connectivity index (χ3v) is 2.90. The van der Waals surface area contributed by atoms with Crippen molar-refractivity contribution in [3.8, 4) is 0 Å². The summed E-state index contributed by atoms with van der Waals surface area (Å²) < 4.78 is 9.30. The van der Waals surface area contributed by atoms with Crippen molar-refractivity contribution >= 4 is 18.0 Å². The first kappa shape index (κ1) is 17.7. The van der Waals surface area contributed by atoms with Crippen LogP contribution in [0.4, 0.5) is 4.79 Å². The van der Waals surface area contributed by atoms with E-state index in [2.05, 4.69) is 18.6 Å². The van der Waals surface area contributed by atoms with Crippen LogP contribution in [0.5, 0.6) is 0 Å². The Morgan fingerprint density at radius 3 is 2.18 bits per heavy atom. The predicted molar refractivity (Wildman–Crippen MR) is 80.4 cm³/mol. The van der Waals surface area contributed by atoms with E-state index in [0.717, 1.165) is 19.1 Å². The molecule has 0 fully saturated rings. The summed E-state index contributed by atoms with van der Waals surface area (Å²) >= 11 is 0. The normalized spacial score (nSPS) is 11.7. The molecule has 120 valence electrons. The number of hydrogen-bond acceptors (Lipinski definition) is 5. The number of rotatable bonds is 5. The zero-order valence-electron chi connectivity index (χ0n) is 13.2. The van der Waals surface area contributed by atoms with E-state index in [-0.39, 0.29) is 0 Å². The van der Waals surface area contributed by atoms with Crippen LogP contribution in [-0.4, -0.2) is 31.2 Å². The van der Waals surface area contributed by atoms with Gasteiger partial charge in [0.25, 0.3) is 5.91 Å². The average molecular weight is 307 g/mol. The third kappa shape index (κ3) is 5.55. The largest absolute Gasteiger partial charge is 0.453 e. The summed E-state index contributed by atoms with van der Waals surface area (Å²) in [5, 5.41) is 1.94. The maximum absolute atomic E-state index is 11.9. The van der Waals surface area contributed by atoms with Crippen LogP contribution in [-0.2, 0) is 20.7 Å². The SMILES string of the molecule is COC(=O)NC(=O)[C@@H](C)OC(=O)c1ccc(CC(C)C)cc1. The lowest BCUT2D eigenvalue weighted by atomic mass is 10.0. The lowest BCUT2D eigenvalue weighted by molar-refractivity contribution is -0.128. The predicted octanol–water partition coefficient (Wildman–Crippen LogP) is 2.31. The molecule has 1 aromatic rings. The Kier molecular flexibility index (Phi) is 6.56. The number of carbonyl (C=O) groups is 3. The van der Waals surface area contributed by atoms with Crippen molar-refractivity contribution in [3.63, 3.8) is 0 Å². The highest BCUT2D eigenvalue weighted by atomic mass is 16.6. The van der Waals surface area contributed by atoms with E-state index in [1.807, 2.05) is 17.4 Å². The van der Waals surface area contributed by atoms with Gasteiger partial charge < -0.3 is 9.47 Å². The van der Waals surface area contributed by atoms with Crippen molar-refractivity contribution in [2.75, 3.05) is 7.11 Å². The summed E-state index contributed by atoms with van der Waals surface area (Å²) in [7, 11) is 1.14. The molecule has 2 amide bonds. The zero-order chi connectivity index (χ0) is 16.7. The number of amides is 2. The smallest absolute Gasteiger partial charge is 0.413 e. The fourth-order valence-electron chi connectivity index (χ4n) is 1.78. The summed E-state index contributed by atoms with van der Waals surface area (Å²) in [5.74, 6) is -0.833. The maximum Gasteiger partial charge on any atom is 0.413 e. The molecule has 6 nitrogen and oxygen atoms in total. The van der Waals surface area contributed by atoms with Crippen LogP contribution in [0.2, 0.25) is 0 Å². The van der Waals surface area contributed by atoms with Crippen LogP contribution in [0.1, 0.15) is 36.7 Å². The van der Waals surface area contributed by atoms with Gasteiger partial charge in [0.05, 0.1) is 12.7 Å². The molecule has 1 aromatic carbocycles. The van der Waals surface area contributed by atoms with Gasteiger partial charge in [0.2, 0.25) is 0 Å². The number of esters is 1. The van der Waals surface area contributed by atoms with Gasteiger partial charge in [-0.25, -0.2) is 9.59 Å². The second-order valence-electron chi connectivity index (χ2n) is 5.32. The van der Waals surface area contributed by atoms with Crippen LogP contribution in [0, 0.1) is 5.92 Å². The minimum atomic E-state index is -1.10. The number of ether oxygens (including phenoxy) is 2. The Hall–Kier alpha value is -2.37. The van der Waals surface area contributed by atoms with Crippen LogP contribution >= 0.6 is 0 Å². The monoisotopic (exact) mass is 307 g/mol. The number of imide groups is 1. The first-order chi connectivity index (χ1) is 10.3. The summed E-state index contributed by atoms with van der Waals surface area (Å²) in [5.41, 5.74) is 1.48. The fraction of sp³-hybridized carbons (Fsp3) is 0.438. The summed E-state index contributed by atoms with van der Waals surface area (Å²) in [4.78, 5) is 34.4. The topological polar surface area (TPSA) is 81.7 Å². The maximum atomic E-state index is 11.9. The first-order valence-corrected chi connectivity index (χ1v) is 7.02. The van der Waals surface area contributed by atoms with Crippen LogP contribution < -0.4 is 5.32 Å². The van der Waals surface area contributed by atoms with Crippen LogP contribution in [0.15, 0.2) is 24.3 Å².